The van der Waals surface area contributed by atoms with Crippen molar-refractivity contribution in [3.63, 3.8) is 0 Å². The van der Waals surface area contributed by atoms with E-state index in [1.165, 1.54) is 5.56 Å². The quantitative estimate of drug-likeness (QED) is 0.722. The summed E-state index contributed by atoms with van der Waals surface area (Å²) in [6.07, 6.45) is 4.34. The monoisotopic (exact) mass is 332 g/mol. The number of aryl methyl sites for hydroxylation is 1. The molecule has 2 aromatic heterocycles. The summed E-state index contributed by atoms with van der Waals surface area (Å²) in [5.41, 5.74) is 4.26. The van der Waals surface area contributed by atoms with Gasteiger partial charge in [0.25, 0.3) is 5.91 Å². The fourth-order valence-corrected chi connectivity index (χ4v) is 2.39. The molecule has 1 amide bonds. The van der Waals surface area contributed by atoms with Crippen LogP contribution in [-0.2, 0) is 13.0 Å². The van der Waals surface area contributed by atoms with Gasteiger partial charge >= 0.3 is 0 Å². The standard InChI is InChI=1S/C20H20N4O/c1-2-15-6-8-16(9-7-15)24-17-10-12-22-19(13-17)20(25)23-14-18-5-3-4-11-21-18/h3-13H,2,14H2,1H3,(H,22,24)(H,23,25). The van der Waals surface area contributed by atoms with Crippen LogP contribution in [0.2, 0.25) is 0 Å². The molecule has 25 heavy (non-hydrogen) atoms. The Hall–Kier alpha value is -3.21. The van der Waals surface area contributed by atoms with Crippen LogP contribution in [0.3, 0.4) is 0 Å². The SMILES string of the molecule is CCc1ccc(Nc2ccnc(C(=O)NCc3ccccn3)c2)cc1. The van der Waals surface area contributed by atoms with Crippen LogP contribution >= 0.6 is 0 Å². The first-order valence-corrected chi connectivity index (χ1v) is 8.24. The van der Waals surface area contributed by atoms with Gasteiger partial charge in [0, 0.05) is 23.8 Å². The number of rotatable bonds is 6. The van der Waals surface area contributed by atoms with Crippen molar-refractivity contribution >= 4 is 17.3 Å². The van der Waals surface area contributed by atoms with Crippen molar-refractivity contribution in [1.29, 1.82) is 0 Å². The zero-order valence-electron chi connectivity index (χ0n) is 14.1. The number of nitrogens with one attached hydrogen (secondary N) is 2. The Morgan fingerprint density at radius 3 is 2.52 bits per heavy atom. The molecule has 0 aliphatic carbocycles. The molecule has 0 spiro atoms. The van der Waals surface area contributed by atoms with Gasteiger partial charge in [-0.2, -0.15) is 0 Å². The van der Waals surface area contributed by atoms with Crippen molar-refractivity contribution in [1.82, 2.24) is 15.3 Å². The van der Waals surface area contributed by atoms with Crippen LogP contribution in [0.1, 0.15) is 28.7 Å². The average molecular weight is 332 g/mol. The summed E-state index contributed by atoms with van der Waals surface area (Å²) in [5, 5.41) is 6.12. The minimum Gasteiger partial charge on any atom is -0.355 e. The van der Waals surface area contributed by atoms with Crippen LogP contribution in [0, 0.1) is 0 Å². The molecule has 2 N–H and O–H groups in total. The van der Waals surface area contributed by atoms with Crippen LogP contribution in [-0.4, -0.2) is 15.9 Å². The molecule has 0 saturated carbocycles. The van der Waals surface area contributed by atoms with E-state index in [9.17, 15) is 4.79 Å². The van der Waals surface area contributed by atoms with E-state index in [2.05, 4.69) is 39.7 Å². The van der Waals surface area contributed by atoms with E-state index in [1.807, 2.05) is 36.4 Å². The van der Waals surface area contributed by atoms with Gasteiger partial charge in [-0.15, -0.1) is 0 Å². The van der Waals surface area contributed by atoms with Gasteiger partial charge in [0.05, 0.1) is 12.2 Å². The highest BCUT2D eigenvalue weighted by molar-refractivity contribution is 5.93. The van der Waals surface area contributed by atoms with E-state index in [1.54, 1.807) is 18.5 Å². The van der Waals surface area contributed by atoms with E-state index < -0.39 is 0 Å². The smallest absolute Gasteiger partial charge is 0.270 e. The normalized spacial score (nSPS) is 10.3. The van der Waals surface area contributed by atoms with Gasteiger partial charge in [-0.25, -0.2) is 0 Å². The van der Waals surface area contributed by atoms with Crippen molar-refractivity contribution in [3.8, 4) is 0 Å². The summed E-state index contributed by atoms with van der Waals surface area (Å²) in [6.45, 7) is 2.50. The maximum Gasteiger partial charge on any atom is 0.270 e. The summed E-state index contributed by atoms with van der Waals surface area (Å²) in [7, 11) is 0. The predicted molar refractivity (Wildman–Crippen MR) is 98.7 cm³/mol. The van der Waals surface area contributed by atoms with Gasteiger partial charge in [0.2, 0.25) is 0 Å². The molecule has 126 valence electrons. The lowest BCUT2D eigenvalue weighted by Gasteiger charge is -2.09. The number of nitrogens with zero attached hydrogens (tertiary/aromatic N) is 2. The first-order chi connectivity index (χ1) is 12.2. The van der Waals surface area contributed by atoms with Crippen LogP contribution in [0.25, 0.3) is 0 Å². The van der Waals surface area contributed by atoms with Gasteiger partial charge in [0.1, 0.15) is 5.69 Å². The molecular formula is C20H20N4O. The lowest BCUT2D eigenvalue weighted by Crippen LogP contribution is -2.24. The van der Waals surface area contributed by atoms with E-state index in [0.717, 1.165) is 23.5 Å². The molecule has 0 unspecified atom stereocenters. The van der Waals surface area contributed by atoms with Crippen molar-refractivity contribution in [2.45, 2.75) is 19.9 Å². The van der Waals surface area contributed by atoms with E-state index in [4.69, 9.17) is 0 Å². The molecular weight excluding hydrogens is 312 g/mol. The lowest BCUT2D eigenvalue weighted by atomic mass is 10.1. The molecule has 0 aliphatic rings. The highest BCUT2D eigenvalue weighted by Crippen LogP contribution is 2.17. The summed E-state index contributed by atoms with van der Waals surface area (Å²) in [4.78, 5) is 20.6. The zero-order valence-corrected chi connectivity index (χ0v) is 14.1. The first kappa shape index (κ1) is 16.6. The molecule has 3 rings (SSSR count). The second-order valence-corrected chi connectivity index (χ2v) is 5.61. The summed E-state index contributed by atoms with van der Waals surface area (Å²) < 4.78 is 0. The Morgan fingerprint density at radius 2 is 1.80 bits per heavy atom. The molecule has 5 heteroatoms. The largest absolute Gasteiger partial charge is 0.355 e. The van der Waals surface area contributed by atoms with Gasteiger partial charge in [-0.05, 0) is 48.4 Å². The third kappa shape index (κ3) is 4.64. The van der Waals surface area contributed by atoms with Gasteiger partial charge in [-0.3, -0.25) is 14.8 Å². The number of hydrogen-bond acceptors (Lipinski definition) is 4. The lowest BCUT2D eigenvalue weighted by molar-refractivity contribution is 0.0945. The van der Waals surface area contributed by atoms with E-state index in [0.29, 0.717) is 12.2 Å². The molecule has 2 heterocycles. The number of amides is 1. The molecule has 1 aromatic carbocycles. The molecule has 0 bridgehead atoms. The number of anilines is 2. The Kier molecular flexibility index (Phi) is 5.36. The van der Waals surface area contributed by atoms with Gasteiger partial charge in [0.15, 0.2) is 0 Å². The van der Waals surface area contributed by atoms with Crippen LogP contribution < -0.4 is 10.6 Å². The summed E-state index contributed by atoms with van der Waals surface area (Å²) in [5.74, 6) is -0.226. The summed E-state index contributed by atoms with van der Waals surface area (Å²) >= 11 is 0. The predicted octanol–water partition coefficient (Wildman–Crippen LogP) is 3.71. The van der Waals surface area contributed by atoms with Crippen molar-refractivity contribution in [2.24, 2.45) is 0 Å². The minimum absolute atomic E-state index is 0.226. The fraction of sp³-hybridized carbons (Fsp3) is 0.150. The molecule has 0 atom stereocenters. The van der Waals surface area contributed by atoms with Crippen LogP contribution in [0.4, 0.5) is 11.4 Å². The third-order valence-electron chi connectivity index (χ3n) is 3.80. The highest BCUT2D eigenvalue weighted by atomic mass is 16.1. The summed E-state index contributed by atoms with van der Waals surface area (Å²) in [6, 6.07) is 17.4. The van der Waals surface area contributed by atoms with Crippen molar-refractivity contribution in [3.05, 3.63) is 83.9 Å². The molecule has 3 aromatic rings. The fourth-order valence-electron chi connectivity index (χ4n) is 2.39. The third-order valence-corrected chi connectivity index (χ3v) is 3.80. The Labute approximate surface area is 147 Å². The van der Waals surface area contributed by atoms with Crippen LogP contribution in [0.15, 0.2) is 67.0 Å². The zero-order chi connectivity index (χ0) is 17.5. The second kappa shape index (κ2) is 8.06. The number of pyridine rings is 2. The maximum atomic E-state index is 12.3. The molecule has 0 radical (unpaired) electrons. The molecule has 5 nitrogen and oxygen atoms in total. The Balaban J connectivity index is 1.64. The topological polar surface area (TPSA) is 66.9 Å². The number of carbonyl (C=O) groups is 1. The maximum absolute atomic E-state index is 12.3. The van der Waals surface area contributed by atoms with Crippen molar-refractivity contribution < 1.29 is 4.79 Å². The number of benzene rings is 1. The average Bonchev–Trinajstić information content (AvgIpc) is 2.68. The Bertz CT molecular complexity index is 832. The highest BCUT2D eigenvalue weighted by Gasteiger charge is 2.08. The van der Waals surface area contributed by atoms with E-state index in [-0.39, 0.29) is 5.91 Å². The minimum atomic E-state index is -0.226. The molecule has 0 aliphatic heterocycles. The molecule has 0 fully saturated rings. The van der Waals surface area contributed by atoms with E-state index >= 15 is 0 Å². The van der Waals surface area contributed by atoms with Crippen LogP contribution in [0.5, 0.6) is 0 Å². The number of aromatic nitrogens is 2. The second-order valence-electron chi connectivity index (χ2n) is 5.61. The number of hydrogen-bond donors (Lipinski definition) is 2. The van der Waals surface area contributed by atoms with Gasteiger partial charge < -0.3 is 10.6 Å². The Morgan fingerprint density at radius 1 is 0.960 bits per heavy atom. The van der Waals surface area contributed by atoms with Gasteiger partial charge in [-0.1, -0.05) is 25.1 Å². The first-order valence-electron chi connectivity index (χ1n) is 8.24. The molecule has 0 saturated heterocycles. The number of carbonyl (C=O) groups excluding carboxylic acids is 1. The van der Waals surface area contributed by atoms with Crippen molar-refractivity contribution in [2.75, 3.05) is 5.32 Å².